The molecule has 0 fully saturated rings. The number of hydrogen-bond donors (Lipinski definition) is 4. The van der Waals surface area contributed by atoms with Crippen LogP contribution in [0, 0.1) is 0 Å². The molecule has 24 heavy (non-hydrogen) atoms. The Kier molecular flexibility index (Phi) is 2.92. The Labute approximate surface area is 135 Å². The van der Waals surface area contributed by atoms with Gasteiger partial charge < -0.3 is 21.1 Å². The van der Waals surface area contributed by atoms with Gasteiger partial charge in [0.1, 0.15) is 11.6 Å². The lowest BCUT2D eigenvalue weighted by Gasteiger charge is -2.08. The van der Waals surface area contributed by atoms with E-state index in [9.17, 15) is 15.3 Å². The molecule has 8 heteroatoms. The summed E-state index contributed by atoms with van der Waals surface area (Å²) in [7, 11) is 0. The van der Waals surface area contributed by atoms with Crippen molar-refractivity contribution in [3.8, 4) is 17.2 Å². The van der Waals surface area contributed by atoms with Crippen molar-refractivity contribution in [1.29, 1.82) is 0 Å². The fourth-order valence-corrected chi connectivity index (χ4v) is 2.65. The molecule has 2 aromatic carbocycles. The third-order valence-corrected chi connectivity index (χ3v) is 3.74. The van der Waals surface area contributed by atoms with Gasteiger partial charge in [-0.15, -0.1) is 5.10 Å². The van der Waals surface area contributed by atoms with E-state index in [0.717, 1.165) is 5.56 Å². The van der Waals surface area contributed by atoms with Crippen LogP contribution in [-0.2, 0) is 6.42 Å². The average molecular weight is 323 g/mol. The van der Waals surface area contributed by atoms with Crippen molar-refractivity contribution >= 4 is 22.5 Å². The number of benzene rings is 2. The number of aromatic nitrogens is 4. The van der Waals surface area contributed by atoms with Gasteiger partial charge in [0.2, 0.25) is 5.95 Å². The number of phenolic OH excluding ortho intramolecular Hbond substituents is 3. The van der Waals surface area contributed by atoms with Gasteiger partial charge in [-0.2, -0.15) is 9.50 Å². The van der Waals surface area contributed by atoms with Crippen molar-refractivity contribution < 1.29 is 15.3 Å². The SMILES string of the molecule is Nc1nc2c3cc(O)ccc3nc(Cc3ccc(O)c(O)c3)n2n1. The smallest absolute Gasteiger partial charge is 0.240 e. The highest BCUT2D eigenvalue weighted by Gasteiger charge is 2.14. The molecule has 0 spiro atoms. The number of nitrogens with two attached hydrogens (primary N) is 1. The number of hydrogen-bond acceptors (Lipinski definition) is 7. The van der Waals surface area contributed by atoms with E-state index in [1.807, 2.05) is 0 Å². The Bertz CT molecular complexity index is 1090. The highest BCUT2D eigenvalue weighted by Crippen LogP contribution is 2.27. The highest BCUT2D eigenvalue weighted by atomic mass is 16.3. The van der Waals surface area contributed by atoms with Gasteiger partial charge in [0.15, 0.2) is 17.1 Å². The second kappa shape index (κ2) is 4.98. The fraction of sp³-hybridized carbons (Fsp3) is 0.0625. The summed E-state index contributed by atoms with van der Waals surface area (Å²) in [4.78, 5) is 8.76. The van der Waals surface area contributed by atoms with Crippen molar-refractivity contribution in [3.05, 3.63) is 47.8 Å². The average Bonchev–Trinajstić information content (AvgIpc) is 2.94. The summed E-state index contributed by atoms with van der Waals surface area (Å²) in [6.07, 6.45) is 0.351. The van der Waals surface area contributed by atoms with Crippen molar-refractivity contribution in [2.75, 3.05) is 5.73 Å². The van der Waals surface area contributed by atoms with Crippen molar-refractivity contribution in [3.63, 3.8) is 0 Å². The predicted octanol–water partition coefficient (Wildman–Crippen LogP) is 1.57. The number of aromatic hydroxyl groups is 3. The molecule has 0 amide bonds. The number of anilines is 1. The Morgan fingerprint density at radius 1 is 0.958 bits per heavy atom. The summed E-state index contributed by atoms with van der Waals surface area (Å²) in [6, 6.07) is 9.35. The van der Waals surface area contributed by atoms with Crippen LogP contribution in [0.3, 0.4) is 0 Å². The van der Waals surface area contributed by atoms with Gasteiger partial charge in [-0.3, -0.25) is 0 Å². The molecule has 0 radical (unpaired) electrons. The zero-order chi connectivity index (χ0) is 16.8. The molecule has 120 valence electrons. The van der Waals surface area contributed by atoms with Crippen LogP contribution in [-0.4, -0.2) is 34.9 Å². The normalized spacial score (nSPS) is 11.3. The van der Waals surface area contributed by atoms with E-state index >= 15 is 0 Å². The minimum Gasteiger partial charge on any atom is -0.508 e. The van der Waals surface area contributed by atoms with Gasteiger partial charge in [-0.05, 0) is 35.9 Å². The maximum absolute atomic E-state index is 9.69. The van der Waals surface area contributed by atoms with Crippen molar-refractivity contribution in [2.24, 2.45) is 0 Å². The molecule has 0 aliphatic heterocycles. The van der Waals surface area contributed by atoms with Crippen LogP contribution in [0.1, 0.15) is 11.4 Å². The Morgan fingerprint density at radius 2 is 1.79 bits per heavy atom. The molecule has 0 saturated heterocycles. The Hall–Kier alpha value is -3.55. The lowest BCUT2D eigenvalue weighted by molar-refractivity contribution is 0.403. The number of rotatable bonds is 2. The van der Waals surface area contributed by atoms with Gasteiger partial charge in [0.25, 0.3) is 0 Å². The maximum Gasteiger partial charge on any atom is 0.240 e. The largest absolute Gasteiger partial charge is 0.508 e. The summed E-state index contributed by atoms with van der Waals surface area (Å²) in [5.74, 6) is 0.382. The van der Waals surface area contributed by atoms with Gasteiger partial charge in [-0.25, -0.2) is 4.98 Å². The van der Waals surface area contributed by atoms with Crippen LogP contribution in [0.4, 0.5) is 5.95 Å². The number of phenols is 3. The lowest BCUT2D eigenvalue weighted by Crippen LogP contribution is -2.05. The van der Waals surface area contributed by atoms with Crippen molar-refractivity contribution in [2.45, 2.75) is 6.42 Å². The minimum absolute atomic E-state index is 0.0995. The third-order valence-electron chi connectivity index (χ3n) is 3.74. The molecule has 0 unspecified atom stereocenters. The predicted molar refractivity (Wildman–Crippen MR) is 86.9 cm³/mol. The number of nitrogens with zero attached hydrogens (tertiary/aromatic N) is 4. The van der Waals surface area contributed by atoms with Crippen LogP contribution in [0.25, 0.3) is 16.6 Å². The molecule has 0 saturated carbocycles. The van der Waals surface area contributed by atoms with E-state index in [0.29, 0.717) is 28.8 Å². The Morgan fingerprint density at radius 3 is 2.58 bits per heavy atom. The van der Waals surface area contributed by atoms with Crippen LogP contribution in [0.2, 0.25) is 0 Å². The van der Waals surface area contributed by atoms with Crippen LogP contribution in [0.5, 0.6) is 17.2 Å². The molecular formula is C16H13N5O3. The first-order valence-corrected chi connectivity index (χ1v) is 7.16. The molecule has 5 N–H and O–H groups in total. The van der Waals surface area contributed by atoms with E-state index < -0.39 is 0 Å². The lowest BCUT2D eigenvalue weighted by atomic mass is 10.1. The van der Waals surface area contributed by atoms with E-state index in [4.69, 9.17) is 5.73 Å². The molecule has 0 bridgehead atoms. The summed E-state index contributed by atoms with van der Waals surface area (Å²) in [5, 5.41) is 33.5. The molecular weight excluding hydrogens is 310 g/mol. The quantitative estimate of drug-likeness (QED) is 0.412. The molecule has 2 heterocycles. The first-order chi connectivity index (χ1) is 11.5. The molecule has 4 rings (SSSR count). The molecule has 0 aliphatic carbocycles. The zero-order valence-corrected chi connectivity index (χ0v) is 12.4. The van der Waals surface area contributed by atoms with Crippen LogP contribution >= 0.6 is 0 Å². The first kappa shape index (κ1) is 14.1. The molecule has 8 nitrogen and oxygen atoms in total. The highest BCUT2D eigenvalue weighted by molar-refractivity contribution is 5.92. The standard InChI is InChI=1S/C16H13N5O3/c17-16-19-15-10-7-9(22)2-3-11(10)18-14(21(15)20-16)6-8-1-4-12(23)13(24)5-8/h1-5,7,22-24H,6H2,(H2,17,20). The maximum atomic E-state index is 9.69. The second-order valence-corrected chi connectivity index (χ2v) is 5.43. The Balaban J connectivity index is 1.93. The zero-order valence-electron chi connectivity index (χ0n) is 12.4. The summed E-state index contributed by atoms with van der Waals surface area (Å²) < 4.78 is 1.51. The van der Waals surface area contributed by atoms with Gasteiger partial charge >= 0.3 is 0 Å². The first-order valence-electron chi connectivity index (χ1n) is 7.16. The summed E-state index contributed by atoms with van der Waals surface area (Å²) in [5.41, 5.74) is 7.60. The van der Waals surface area contributed by atoms with Gasteiger partial charge in [0, 0.05) is 11.8 Å². The minimum atomic E-state index is -0.201. The number of fused-ring (bicyclic) bond motifs is 3. The molecule has 0 atom stereocenters. The van der Waals surface area contributed by atoms with Crippen molar-refractivity contribution in [1.82, 2.24) is 19.6 Å². The van der Waals surface area contributed by atoms with E-state index in [1.165, 1.54) is 16.6 Å². The van der Waals surface area contributed by atoms with Gasteiger partial charge in [-0.1, -0.05) is 6.07 Å². The second-order valence-electron chi connectivity index (χ2n) is 5.43. The monoisotopic (exact) mass is 323 g/mol. The molecule has 2 aromatic heterocycles. The van der Waals surface area contributed by atoms with E-state index in [1.54, 1.807) is 24.3 Å². The summed E-state index contributed by atoms with van der Waals surface area (Å²) >= 11 is 0. The van der Waals surface area contributed by atoms with E-state index in [-0.39, 0.29) is 23.2 Å². The topological polar surface area (TPSA) is 130 Å². The van der Waals surface area contributed by atoms with E-state index in [2.05, 4.69) is 15.1 Å². The van der Waals surface area contributed by atoms with Gasteiger partial charge in [0.05, 0.1) is 5.52 Å². The molecule has 0 aliphatic rings. The number of nitrogen functional groups attached to an aromatic ring is 1. The summed E-state index contributed by atoms with van der Waals surface area (Å²) in [6.45, 7) is 0. The fourth-order valence-electron chi connectivity index (χ4n) is 2.65. The molecule has 4 aromatic rings. The van der Waals surface area contributed by atoms with Crippen LogP contribution < -0.4 is 5.73 Å². The van der Waals surface area contributed by atoms with Crippen LogP contribution in [0.15, 0.2) is 36.4 Å². The third kappa shape index (κ3) is 2.21.